The molecule has 3 aromatic rings. The number of amides is 2. The predicted molar refractivity (Wildman–Crippen MR) is 93.8 cm³/mol. The molecule has 22 heavy (non-hydrogen) atoms. The van der Waals surface area contributed by atoms with Gasteiger partial charge < -0.3 is 10.6 Å². The highest BCUT2D eigenvalue weighted by atomic mass is 35.5. The molecule has 3 rings (SSSR count). The number of anilines is 2. The van der Waals surface area contributed by atoms with E-state index in [4.69, 9.17) is 11.6 Å². The van der Waals surface area contributed by atoms with Crippen LogP contribution in [0.5, 0.6) is 0 Å². The van der Waals surface area contributed by atoms with Gasteiger partial charge in [0.05, 0.1) is 10.7 Å². The Morgan fingerprint density at radius 3 is 2.59 bits per heavy atom. The SMILES string of the molecule is O=C(Nc1cccc(-c2cccs2)c1)Nc1ccccc1Cl. The van der Waals surface area contributed by atoms with E-state index in [9.17, 15) is 4.79 Å². The van der Waals surface area contributed by atoms with Crippen molar-refractivity contribution >= 4 is 40.3 Å². The number of carbonyl (C=O) groups excluding carboxylic acids is 1. The van der Waals surface area contributed by atoms with E-state index >= 15 is 0 Å². The van der Waals surface area contributed by atoms with Crippen molar-refractivity contribution in [1.29, 1.82) is 0 Å². The summed E-state index contributed by atoms with van der Waals surface area (Å²) in [6.07, 6.45) is 0. The second-order valence-corrected chi connectivity index (χ2v) is 5.97. The summed E-state index contributed by atoms with van der Waals surface area (Å²) in [6, 6.07) is 18.6. The lowest BCUT2D eigenvalue weighted by atomic mass is 10.1. The van der Waals surface area contributed by atoms with Gasteiger partial charge in [-0.2, -0.15) is 0 Å². The van der Waals surface area contributed by atoms with Crippen LogP contribution in [0.3, 0.4) is 0 Å². The number of thiophene rings is 1. The van der Waals surface area contributed by atoms with Gasteiger partial charge in [-0.1, -0.05) is 41.9 Å². The van der Waals surface area contributed by atoms with E-state index < -0.39 is 0 Å². The fraction of sp³-hybridized carbons (Fsp3) is 0. The Bertz CT molecular complexity index is 787. The zero-order valence-electron chi connectivity index (χ0n) is 11.5. The first kappa shape index (κ1) is 14.6. The summed E-state index contributed by atoms with van der Waals surface area (Å²) in [5, 5.41) is 8.08. The zero-order valence-corrected chi connectivity index (χ0v) is 13.1. The van der Waals surface area contributed by atoms with Crippen LogP contribution in [0, 0.1) is 0 Å². The summed E-state index contributed by atoms with van der Waals surface area (Å²) in [6.45, 7) is 0. The molecule has 2 N–H and O–H groups in total. The molecule has 0 spiro atoms. The molecular weight excluding hydrogens is 316 g/mol. The number of hydrogen-bond donors (Lipinski definition) is 2. The largest absolute Gasteiger partial charge is 0.323 e. The van der Waals surface area contributed by atoms with Gasteiger partial charge in [0.2, 0.25) is 0 Å². The van der Waals surface area contributed by atoms with E-state index in [2.05, 4.69) is 10.6 Å². The Kier molecular flexibility index (Phi) is 4.42. The lowest BCUT2D eigenvalue weighted by Crippen LogP contribution is -2.19. The van der Waals surface area contributed by atoms with Crippen LogP contribution in [0.1, 0.15) is 0 Å². The second-order valence-electron chi connectivity index (χ2n) is 4.62. The molecule has 1 aromatic heterocycles. The third kappa shape index (κ3) is 3.47. The maximum Gasteiger partial charge on any atom is 0.323 e. The van der Waals surface area contributed by atoms with Gasteiger partial charge in [0.15, 0.2) is 0 Å². The predicted octanol–water partition coefficient (Wildman–Crippen LogP) is 5.71. The lowest BCUT2D eigenvalue weighted by Gasteiger charge is -2.09. The number of halogens is 1. The van der Waals surface area contributed by atoms with Gasteiger partial charge in [-0.25, -0.2) is 4.79 Å². The van der Waals surface area contributed by atoms with Gasteiger partial charge in [-0.15, -0.1) is 11.3 Å². The minimum Gasteiger partial charge on any atom is -0.308 e. The average molecular weight is 329 g/mol. The van der Waals surface area contributed by atoms with Crippen LogP contribution in [0.4, 0.5) is 16.2 Å². The Morgan fingerprint density at radius 1 is 0.955 bits per heavy atom. The van der Waals surface area contributed by atoms with Crippen molar-refractivity contribution in [2.45, 2.75) is 0 Å². The highest BCUT2D eigenvalue weighted by molar-refractivity contribution is 7.13. The molecule has 0 saturated carbocycles. The van der Waals surface area contributed by atoms with E-state index in [1.807, 2.05) is 53.9 Å². The van der Waals surface area contributed by atoms with Crippen LogP contribution in [0.2, 0.25) is 5.02 Å². The Labute approximate surface area is 137 Å². The third-order valence-electron chi connectivity index (χ3n) is 3.05. The second kappa shape index (κ2) is 6.64. The number of urea groups is 1. The molecule has 0 saturated heterocycles. The van der Waals surface area contributed by atoms with Crippen molar-refractivity contribution in [3.05, 3.63) is 71.1 Å². The first-order chi connectivity index (χ1) is 10.7. The normalized spacial score (nSPS) is 10.2. The molecule has 1 heterocycles. The number of nitrogens with one attached hydrogen (secondary N) is 2. The Balaban J connectivity index is 1.72. The van der Waals surface area contributed by atoms with Crippen LogP contribution >= 0.6 is 22.9 Å². The van der Waals surface area contributed by atoms with Crippen LogP contribution < -0.4 is 10.6 Å². The van der Waals surface area contributed by atoms with Crippen molar-refractivity contribution in [2.75, 3.05) is 10.6 Å². The monoisotopic (exact) mass is 328 g/mol. The van der Waals surface area contributed by atoms with Gasteiger partial charge >= 0.3 is 6.03 Å². The molecule has 0 aliphatic carbocycles. The number of carbonyl (C=O) groups is 1. The number of rotatable bonds is 3. The van der Waals surface area contributed by atoms with Gasteiger partial charge in [0.25, 0.3) is 0 Å². The van der Waals surface area contributed by atoms with Gasteiger partial charge in [0.1, 0.15) is 0 Å². The highest BCUT2D eigenvalue weighted by Crippen LogP contribution is 2.27. The smallest absolute Gasteiger partial charge is 0.308 e. The van der Waals surface area contributed by atoms with E-state index in [1.54, 1.807) is 23.5 Å². The van der Waals surface area contributed by atoms with Crippen LogP contribution in [-0.2, 0) is 0 Å². The summed E-state index contributed by atoms with van der Waals surface area (Å²) in [5.74, 6) is 0. The molecule has 5 heteroatoms. The molecule has 2 aromatic carbocycles. The topological polar surface area (TPSA) is 41.1 Å². The third-order valence-corrected chi connectivity index (χ3v) is 4.30. The van der Waals surface area contributed by atoms with E-state index in [0.717, 1.165) is 16.1 Å². The van der Waals surface area contributed by atoms with E-state index in [0.29, 0.717) is 10.7 Å². The summed E-state index contributed by atoms with van der Waals surface area (Å²) in [4.78, 5) is 13.2. The fourth-order valence-corrected chi connectivity index (χ4v) is 2.95. The molecule has 0 radical (unpaired) electrons. The average Bonchev–Trinajstić information content (AvgIpc) is 3.04. The quantitative estimate of drug-likeness (QED) is 0.635. The van der Waals surface area contributed by atoms with Crippen molar-refractivity contribution in [1.82, 2.24) is 0 Å². The maximum atomic E-state index is 12.1. The van der Waals surface area contributed by atoms with Gasteiger partial charge in [-0.05, 0) is 41.3 Å². The molecule has 0 fully saturated rings. The first-order valence-electron chi connectivity index (χ1n) is 6.69. The van der Waals surface area contributed by atoms with Crippen molar-refractivity contribution in [3.63, 3.8) is 0 Å². The maximum absolute atomic E-state index is 12.1. The molecule has 0 atom stereocenters. The van der Waals surface area contributed by atoms with Gasteiger partial charge in [0, 0.05) is 10.6 Å². The Hall–Kier alpha value is -2.30. The molecule has 0 aliphatic heterocycles. The van der Waals surface area contributed by atoms with Crippen molar-refractivity contribution < 1.29 is 4.79 Å². The van der Waals surface area contributed by atoms with E-state index in [-0.39, 0.29) is 6.03 Å². The molecule has 2 amide bonds. The van der Waals surface area contributed by atoms with Crippen molar-refractivity contribution in [3.8, 4) is 10.4 Å². The minimum atomic E-state index is -0.323. The summed E-state index contributed by atoms with van der Waals surface area (Å²) >= 11 is 7.69. The van der Waals surface area contributed by atoms with Crippen LogP contribution in [0.15, 0.2) is 66.0 Å². The van der Waals surface area contributed by atoms with Gasteiger partial charge in [-0.3, -0.25) is 0 Å². The zero-order chi connectivity index (χ0) is 15.4. The fourth-order valence-electron chi connectivity index (χ4n) is 2.04. The van der Waals surface area contributed by atoms with Crippen molar-refractivity contribution in [2.24, 2.45) is 0 Å². The highest BCUT2D eigenvalue weighted by Gasteiger charge is 2.06. The first-order valence-corrected chi connectivity index (χ1v) is 7.94. The standard InChI is InChI=1S/C17H13ClN2OS/c18-14-7-1-2-8-15(14)20-17(21)19-13-6-3-5-12(11-13)16-9-4-10-22-16/h1-11H,(H2,19,20,21). The summed E-state index contributed by atoms with van der Waals surface area (Å²) in [7, 11) is 0. The number of benzene rings is 2. The van der Waals surface area contributed by atoms with E-state index in [1.165, 1.54) is 0 Å². The van der Waals surface area contributed by atoms with Crippen LogP contribution in [0.25, 0.3) is 10.4 Å². The molecule has 110 valence electrons. The summed E-state index contributed by atoms with van der Waals surface area (Å²) < 4.78 is 0. The number of hydrogen-bond acceptors (Lipinski definition) is 2. The van der Waals surface area contributed by atoms with Crippen LogP contribution in [-0.4, -0.2) is 6.03 Å². The molecule has 3 nitrogen and oxygen atoms in total. The molecule has 0 unspecified atom stereocenters. The molecule has 0 bridgehead atoms. The summed E-state index contributed by atoms with van der Waals surface area (Å²) in [5.41, 5.74) is 2.39. The number of para-hydroxylation sites is 1. The Morgan fingerprint density at radius 2 is 1.82 bits per heavy atom. The molecule has 0 aliphatic rings. The minimum absolute atomic E-state index is 0.323. The molecular formula is C17H13ClN2OS. The lowest BCUT2D eigenvalue weighted by molar-refractivity contribution is 0.262.